The van der Waals surface area contributed by atoms with Crippen LogP contribution in [-0.4, -0.2) is 43.7 Å². The van der Waals surface area contributed by atoms with Gasteiger partial charge in [0.15, 0.2) is 5.54 Å². The van der Waals surface area contributed by atoms with Gasteiger partial charge < -0.3 is 4.90 Å². The molecule has 0 N–H and O–H groups in total. The highest BCUT2D eigenvalue weighted by Crippen LogP contribution is 2.47. The Kier molecular flexibility index (Phi) is 3.57. The average molecular weight is 325 g/mol. The van der Waals surface area contributed by atoms with Gasteiger partial charge in [0.25, 0.3) is 0 Å². The van der Waals surface area contributed by atoms with Gasteiger partial charge in [-0.15, -0.1) is 5.10 Å². The van der Waals surface area contributed by atoms with Crippen molar-refractivity contribution in [2.45, 2.75) is 31.6 Å². The Hall–Kier alpha value is -2.45. The standard InChI is InChI=1S/C14H14F3N5O/c1-13(14(15,16)17)11-5-3-2-4-10(11)6-7-22(13)12(23)8-21-9-18-19-20-21/h2-5,9H,6-8H2,1H3/t13-/m0/s1. The second kappa shape index (κ2) is 5.32. The van der Waals surface area contributed by atoms with E-state index in [9.17, 15) is 18.0 Å². The molecule has 0 bridgehead atoms. The quantitative estimate of drug-likeness (QED) is 0.840. The number of hydrogen-bond acceptors (Lipinski definition) is 4. The average Bonchev–Trinajstić information content (AvgIpc) is 2.99. The van der Waals surface area contributed by atoms with E-state index in [4.69, 9.17) is 0 Å². The van der Waals surface area contributed by atoms with Gasteiger partial charge in [0, 0.05) is 6.54 Å². The Morgan fingerprint density at radius 1 is 1.35 bits per heavy atom. The highest BCUT2D eigenvalue weighted by molar-refractivity contribution is 5.77. The summed E-state index contributed by atoms with van der Waals surface area (Å²) < 4.78 is 42.7. The second-order valence-corrected chi connectivity index (χ2v) is 5.53. The van der Waals surface area contributed by atoms with Crippen molar-refractivity contribution in [3.05, 3.63) is 41.7 Å². The fraction of sp³-hybridized carbons (Fsp3) is 0.429. The molecule has 0 radical (unpaired) electrons. The molecule has 0 fully saturated rings. The third-order valence-corrected chi connectivity index (χ3v) is 4.23. The van der Waals surface area contributed by atoms with Gasteiger partial charge >= 0.3 is 6.18 Å². The van der Waals surface area contributed by atoms with E-state index >= 15 is 0 Å². The molecular weight excluding hydrogens is 311 g/mol. The zero-order valence-corrected chi connectivity index (χ0v) is 12.3. The third-order valence-electron chi connectivity index (χ3n) is 4.23. The molecule has 0 unspecified atom stereocenters. The molecule has 23 heavy (non-hydrogen) atoms. The summed E-state index contributed by atoms with van der Waals surface area (Å²) in [6.07, 6.45) is -3.02. The van der Waals surface area contributed by atoms with Gasteiger partial charge in [0.05, 0.1) is 0 Å². The number of alkyl halides is 3. The number of fused-ring (bicyclic) bond motifs is 1. The first kappa shape index (κ1) is 15.4. The fourth-order valence-electron chi connectivity index (χ4n) is 2.97. The number of tetrazole rings is 1. The smallest absolute Gasteiger partial charge is 0.323 e. The number of aromatic nitrogens is 4. The fourth-order valence-corrected chi connectivity index (χ4v) is 2.97. The van der Waals surface area contributed by atoms with E-state index in [-0.39, 0.29) is 18.7 Å². The van der Waals surface area contributed by atoms with Crippen molar-refractivity contribution in [1.82, 2.24) is 25.1 Å². The Balaban J connectivity index is 2.01. The number of halogens is 3. The number of benzene rings is 1. The first-order valence-electron chi connectivity index (χ1n) is 7.00. The lowest BCUT2D eigenvalue weighted by atomic mass is 9.81. The van der Waals surface area contributed by atoms with Crippen LogP contribution in [-0.2, 0) is 23.3 Å². The van der Waals surface area contributed by atoms with Crippen molar-refractivity contribution < 1.29 is 18.0 Å². The van der Waals surface area contributed by atoms with Crippen molar-refractivity contribution >= 4 is 5.91 Å². The Morgan fingerprint density at radius 2 is 2.09 bits per heavy atom. The molecule has 0 aliphatic carbocycles. The molecule has 2 aromatic rings. The van der Waals surface area contributed by atoms with Gasteiger partial charge in [-0.1, -0.05) is 24.3 Å². The van der Waals surface area contributed by atoms with Crippen LogP contribution in [0.1, 0.15) is 18.1 Å². The predicted octanol–water partition coefficient (Wildman–Crippen LogP) is 1.54. The van der Waals surface area contributed by atoms with E-state index in [0.29, 0.717) is 12.0 Å². The van der Waals surface area contributed by atoms with Crippen LogP contribution in [0.5, 0.6) is 0 Å². The molecule has 1 atom stereocenters. The number of carbonyl (C=O) groups excluding carboxylic acids is 1. The van der Waals surface area contributed by atoms with Crippen LogP contribution in [0.3, 0.4) is 0 Å². The molecule has 0 spiro atoms. The summed E-state index contributed by atoms with van der Waals surface area (Å²) in [5.41, 5.74) is -1.64. The van der Waals surface area contributed by atoms with Crippen molar-refractivity contribution in [1.29, 1.82) is 0 Å². The molecule has 2 heterocycles. The summed E-state index contributed by atoms with van der Waals surface area (Å²) in [5, 5.41) is 10.3. The predicted molar refractivity (Wildman–Crippen MR) is 73.1 cm³/mol. The summed E-state index contributed by atoms with van der Waals surface area (Å²) in [6.45, 7) is 0.706. The van der Waals surface area contributed by atoms with E-state index in [0.717, 1.165) is 16.5 Å². The summed E-state index contributed by atoms with van der Waals surface area (Å²) in [7, 11) is 0. The lowest BCUT2D eigenvalue weighted by Crippen LogP contribution is -2.60. The molecule has 3 rings (SSSR count). The molecule has 0 saturated carbocycles. The summed E-state index contributed by atoms with van der Waals surface area (Å²) >= 11 is 0. The second-order valence-electron chi connectivity index (χ2n) is 5.53. The monoisotopic (exact) mass is 325 g/mol. The van der Waals surface area contributed by atoms with Crippen molar-refractivity contribution in [3.8, 4) is 0 Å². The summed E-state index contributed by atoms with van der Waals surface area (Å²) in [5.74, 6) is -0.674. The first-order chi connectivity index (χ1) is 10.8. The maximum absolute atomic E-state index is 13.9. The van der Waals surface area contributed by atoms with Crippen molar-refractivity contribution in [2.24, 2.45) is 0 Å². The van der Waals surface area contributed by atoms with Gasteiger partial charge in [0.2, 0.25) is 5.91 Å². The lowest BCUT2D eigenvalue weighted by Gasteiger charge is -2.46. The molecular formula is C14H14F3N5O. The van der Waals surface area contributed by atoms with E-state index in [1.54, 1.807) is 18.2 Å². The van der Waals surface area contributed by atoms with Crippen LogP contribution in [0.4, 0.5) is 13.2 Å². The maximum Gasteiger partial charge on any atom is 0.415 e. The van der Waals surface area contributed by atoms with Crippen molar-refractivity contribution in [3.63, 3.8) is 0 Å². The number of carbonyl (C=O) groups is 1. The molecule has 9 heteroatoms. The van der Waals surface area contributed by atoms with Crippen LogP contribution < -0.4 is 0 Å². The van der Waals surface area contributed by atoms with E-state index in [2.05, 4.69) is 15.5 Å². The third kappa shape index (κ3) is 2.45. The molecule has 0 saturated heterocycles. The molecule has 1 amide bonds. The molecule has 1 aliphatic rings. The largest absolute Gasteiger partial charge is 0.415 e. The van der Waals surface area contributed by atoms with Gasteiger partial charge in [-0.05, 0) is 34.9 Å². The SMILES string of the molecule is C[C@@]1(C(F)(F)F)c2ccccc2CCN1C(=O)Cn1cnnn1. The Morgan fingerprint density at radius 3 is 2.74 bits per heavy atom. The van der Waals surface area contributed by atoms with Crippen LogP contribution >= 0.6 is 0 Å². The van der Waals surface area contributed by atoms with E-state index < -0.39 is 17.6 Å². The van der Waals surface area contributed by atoms with Gasteiger partial charge in [-0.25, -0.2) is 4.68 Å². The van der Waals surface area contributed by atoms with Gasteiger partial charge in [-0.3, -0.25) is 4.79 Å². The highest BCUT2D eigenvalue weighted by atomic mass is 19.4. The topological polar surface area (TPSA) is 63.9 Å². The molecule has 1 aromatic carbocycles. The van der Waals surface area contributed by atoms with Crippen LogP contribution in [0.15, 0.2) is 30.6 Å². The zero-order chi connectivity index (χ0) is 16.7. The number of rotatable bonds is 2. The zero-order valence-electron chi connectivity index (χ0n) is 12.3. The maximum atomic E-state index is 13.9. The molecule has 122 valence electrons. The summed E-state index contributed by atoms with van der Waals surface area (Å²) in [4.78, 5) is 13.3. The van der Waals surface area contributed by atoms with Gasteiger partial charge in [-0.2, -0.15) is 13.2 Å². The van der Waals surface area contributed by atoms with Gasteiger partial charge in [0.1, 0.15) is 12.9 Å². The van der Waals surface area contributed by atoms with Crippen LogP contribution in [0, 0.1) is 0 Å². The minimum atomic E-state index is -4.60. The normalized spacial score (nSPS) is 21.1. The Bertz CT molecular complexity index is 715. The molecule has 1 aliphatic heterocycles. The molecule has 1 aromatic heterocycles. The first-order valence-corrected chi connectivity index (χ1v) is 7.00. The van der Waals surface area contributed by atoms with E-state index in [1.807, 2.05) is 0 Å². The van der Waals surface area contributed by atoms with Crippen LogP contribution in [0.2, 0.25) is 0 Å². The van der Waals surface area contributed by atoms with Crippen LogP contribution in [0.25, 0.3) is 0 Å². The van der Waals surface area contributed by atoms with Crippen molar-refractivity contribution in [2.75, 3.05) is 6.54 Å². The minimum absolute atomic E-state index is 0.00597. The molecule has 6 nitrogen and oxygen atoms in total. The van der Waals surface area contributed by atoms with E-state index in [1.165, 1.54) is 12.4 Å². The number of hydrogen-bond donors (Lipinski definition) is 0. The minimum Gasteiger partial charge on any atom is -0.323 e. The highest BCUT2D eigenvalue weighted by Gasteiger charge is 2.59. The summed E-state index contributed by atoms with van der Waals surface area (Å²) in [6, 6.07) is 6.36. The lowest BCUT2D eigenvalue weighted by molar-refractivity contribution is -0.234. The number of amides is 1. The Labute approximate surface area is 129 Å². The number of nitrogens with zero attached hydrogens (tertiary/aromatic N) is 5.